The van der Waals surface area contributed by atoms with Gasteiger partial charge in [0.25, 0.3) is 0 Å². The van der Waals surface area contributed by atoms with Crippen LogP contribution in [0.15, 0.2) is 16.5 Å². The van der Waals surface area contributed by atoms with Crippen LogP contribution in [0.5, 0.6) is 0 Å². The summed E-state index contributed by atoms with van der Waals surface area (Å²) in [5, 5.41) is 14.0. The standard InChI is InChI=1S/C13H20N2O4/c1-8(2)9(3)6-14-13(18)15-7-10-4-5-11(19-10)12(16)17/h4-5,8-9H,6-7H2,1-3H3,(H,16,17)(H2,14,15,18). The van der Waals surface area contributed by atoms with Crippen molar-refractivity contribution in [3.8, 4) is 0 Å². The van der Waals surface area contributed by atoms with Gasteiger partial charge in [-0.05, 0) is 24.0 Å². The van der Waals surface area contributed by atoms with Crippen molar-refractivity contribution >= 4 is 12.0 Å². The molecule has 1 unspecified atom stereocenters. The van der Waals surface area contributed by atoms with E-state index in [0.717, 1.165) is 0 Å². The number of aromatic carboxylic acids is 1. The average molecular weight is 268 g/mol. The lowest BCUT2D eigenvalue weighted by molar-refractivity contribution is 0.0660. The number of carboxylic acids is 1. The van der Waals surface area contributed by atoms with Gasteiger partial charge in [0.15, 0.2) is 0 Å². The van der Waals surface area contributed by atoms with Gasteiger partial charge in [-0.3, -0.25) is 0 Å². The maximum absolute atomic E-state index is 11.5. The molecule has 0 fully saturated rings. The van der Waals surface area contributed by atoms with E-state index in [0.29, 0.717) is 24.1 Å². The third-order valence-electron chi connectivity index (χ3n) is 3.02. The minimum atomic E-state index is -1.12. The number of carbonyl (C=O) groups is 2. The molecule has 19 heavy (non-hydrogen) atoms. The van der Waals surface area contributed by atoms with Gasteiger partial charge in [-0.15, -0.1) is 0 Å². The van der Waals surface area contributed by atoms with E-state index in [-0.39, 0.29) is 18.3 Å². The lowest BCUT2D eigenvalue weighted by atomic mass is 9.98. The Labute approximate surface area is 112 Å². The fourth-order valence-corrected chi connectivity index (χ4v) is 1.31. The minimum Gasteiger partial charge on any atom is -0.475 e. The van der Waals surface area contributed by atoms with Crippen LogP contribution in [0.25, 0.3) is 0 Å². The average Bonchev–Trinajstić information content (AvgIpc) is 2.82. The van der Waals surface area contributed by atoms with Crippen LogP contribution in [-0.2, 0) is 6.54 Å². The second-order valence-corrected chi connectivity index (χ2v) is 4.86. The maximum Gasteiger partial charge on any atom is 0.371 e. The van der Waals surface area contributed by atoms with E-state index in [1.165, 1.54) is 12.1 Å². The first-order valence-corrected chi connectivity index (χ1v) is 6.24. The Morgan fingerprint density at radius 3 is 2.47 bits per heavy atom. The molecule has 1 atom stereocenters. The molecule has 1 aromatic rings. The fourth-order valence-electron chi connectivity index (χ4n) is 1.31. The molecule has 0 aliphatic carbocycles. The largest absolute Gasteiger partial charge is 0.475 e. The summed E-state index contributed by atoms with van der Waals surface area (Å²) in [5.41, 5.74) is 0. The Bertz CT molecular complexity index is 440. The lowest BCUT2D eigenvalue weighted by Crippen LogP contribution is -2.38. The molecule has 3 N–H and O–H groups in total. The van der Waals surface area contributed by atoms with E-state index >= 15 is 0 Å². The van der Waals surface area contributed by atoms with Gasteiger partial charge in [0.2, 0.25) is 5.76 Å². The summed E-state index contributed by atoms with van der Waals surface area (Å²) in [7, 11) is 0. The van der Waals surface area contributed by atoms with Crippen LogP contribution < -0.4 is 10.6 Å². The summed E-state index contributed by atoms with van der Waals surface area (Å²) in [5.74, 6) is 0.0491. The number of carbonyl (C=O) groups excluding carboxylic acids is 1. The second kappa shape index (κ2) is 6.82. The van der Waals surface area contributed by atoms with Gasteiger partial charge in [-0.2, -0.15) is 0 Å². The van der Waals surface area contributed by atoms with Crippen LogP contribution in [-0.4, -0.2) is 23.7 Å². The van der Waals surface area contributed by atoms with Gasteiger partial charge >= 0.3 is 12.0 Å². The van der Waals surface area contributed by atoms with Crippen molar-refractivity contribution in [1.82, 2.24) is 10.6 Å². The first kappa shape index (κ1) is 15.1. The van der Waals surface area contributed by atoms with E-state index in [2.05, 4.69) is 31.4 Å². The third kappa shape index (κ3) is 5.03. The van der Waals surface area contributed by atoms with E-state index in [4.69, 9.17) is 9.52 Å². The van der Waals surface area contributed by atoms with E-state index in [9.17, 15) is 9.59 Å². The van der Waals surface area contributed by atoms with Crippen molar-refractivity contribution in [2.24, 2.45) is 11.8 Å². The molecule has 0 radical (unpaired) electrons. The van der Waals surface area contributed by atoms with Gasteiger partial charge in [0.1, 0.15) is 5.76 Å². The smallest absolute Gasteiger partial charge is 0.371 e. The molecule has 0 saturated carbocycles. The number of hydrogen-bond acceptors (Lipinski definition) is 3. The molecule has 0 bridgehead atoms. The Hall–Kier alpha value is -1.98. The van der Waals surface area contributed by atoms with Crippen LogP contribution in [0, 0.1) is 11.8 Å². The summed E-state index contributed by atoms with van der Waals surface area (Å²) in [6.45, 7) is 7.02. The number of furan rings is 1. The molecule has 0 aliphatic rings. The van der Waals surface area contributed by atoms with Crippen molar-refractivity contribution in [3.05, 3.63) is 23.7 Å². The van der Waals surface area contributed by atoms with Crippen molar-refractivity contribution in [3.63, 3.8) is 0 Å². The quantitative estimate of drug-likeness (QED) is 0.736. The fraction of sp³-hybridized carbons (Fsp3) is 0.538. The third-order valence-corrected chi connectivity index (χ3v) is 3.02. The molecule has 1 heterocycles. The van der Waals surface area contributed by atoms with Crippen molar-refractivity contribution in [2.75, 3.05) is 6.54 Å². The van der Waals surface area contributed by atoms with Gasteiger partial charge in [0, 0.05) is 6.54 Å². The Kier molecular flexibility index (Phi) is 5.41. The minimum absolute atomic E-state index is 0.134. The van der Waals surface area contributed by atoms with Crippen LogP contribution >= 0.6 is 0 Å². The number of hydrogen-bond donors (Lipinski definition) is 3. The van der Waals surface area contributed by atoms with Crippen LogP contribution in [0.1, 0.15) is 37.1 Å². The van der Waals surface area contributed by atoms with Crippen molar-refractivity contribution < 1.29 is 19.1 Å². The monoisotopic (exact) mass is 268 g/mol. The number of urea groups is 1. The SMILES string of the molecule is CC(C)C(C)CNC(=O)NCc1ccc(C(=O)O)o1. The highest BCUT2D eigenvalue weighted by atomic mass is 16.4. The van der Waals surface area contributed by atoms with E-state index in [1.807, 2.05) is 0 Å². The Morgan fingerprint density at radius 2 is 1.95 bits per heavy atom. The molecule has 0 spiro atoms. The Morgan fingerprint density at radius 1 is 1.26 bits per heavy atom. The number of carboxylic acid groups (broad SMARTS) is 1. The van der Waals surface area contributed by atoms with Crippen LogP contribution in [0.4, 0.5) is 4.79 Å². The number of rotatable bonds is 6. The molecule has 0 saturated heterocycles. The highest BCUT2D eigenvalue weighted by molar-refractivity contribution is 5.84. The topological polar surface area (TPSA) is 91.6 Å². The molecular weight excluding hydrogens is 248 g/mol. The summed E-state index contributed by atoms with van der Waals surface area (Å²) in [6, 6.07) is 2.60. The van der Waals surface area contributed by atoms with Gasteiger partial charge in [-0.25, -0.2) is 9.59 Å². The highest BCUT2D eigenvalue weighted by Crippen LogP contribution is 2.08. The predicted molar refractivity (Wildman–Crippen MR) is 69.9 cm³/mol. The van der Waals surface area contributed by atoms with E-state index < -0.39 is 5.97 Å². The molecule has 106 valence electrons. The molecule has 6 nitrogen and oxygen atoms in total. The van der Waals surface area contributed by atoms with Gasteiger partial charge in [0.05, 0.1) is 6.54 Å². The number of amides is 2. The molecule has 1 aromatic heterocycles. The highest BCUT2D eigenvalue weighted by Gasteiger charge is 2.11. The molecule has 2 amide bonds. The molecular formula is C13H20N2O4. The molecule has 6 heteroatoms. The van der Waals surface area contributed by atoms with Crippen LogP contribution in [0.3, 0.4) is 0 Å². The van der Waals surface area contributed by atoms with Crippen LogP contribution in [0.2, 0.25) is 0 Å². The summed E-state index contributed by atoms with van der Waals surface area (Å²) in [6.07, 6.45) is 0. The first-order valence-electron chi connectivity index (χ1n) is 6.24. The summed E-state index contributed by atoms with van der Waals surface area (Å²) in [4.78, 5) is 22.1. The molecule has 0 aromatic carbocycles. The van der Waals surface area contributed by atoms with Gasteiger partial charge in [-0.1, -0.05) is 20.8 Å². The van der Waals surface area contributed by atoms with E-state index in [1.54, 1.807) is 0 Å². The maximum atomic E-state index is 11.5. The number of nitrogens with one attached hydrogen (secondary N) is 2. The first-order chi connectivity index (χ1) is 8.90. The zero-order valence-electron chi connectivity index (χ0n) is 11.4. The normalized spacial score (nSPS) is 12.2. The predicted octanol–water partition coefficient (Wildman–Crippen LogP) is 2.07. The summed E-state index contributed by atoms with van der Waals surface area (Å²) >= 11 is 0. The zero-order chi connectivity index (χ0) is 14.4. The summed E-state index contributed by atoms with van der Waals surface area (Å²) < 4.78 is 5.02. The van der Waals surface area contributed by atoms with Crippen molar-refractivity contribution in [1.29, 1.82) is 0 Å². The van der Waals surface area contributed by atoms with Crippen molar-refractivity contribution in [2.45, 2.75) is 27.3 Å². The lowest BCUT2D eigenvalue weighted by Gasteiger charge is -2.16. The molecule has 1 rings (SSSR count). The van der Waals surface area contributed by atoms with Gasteiger partial charge < -0.3 is 20.2 Å². The second-order valence-electron chi connectivity index (χ2n) is 4.86. The zero-order valence-corrected chi connectivity index (χ0v) is 11.4. The Balaban J connectivity index is 2.31. The molecule has 0 aliphatic heterocycles.